The largest absolute Gasteiger partial charge is 0.481 e. The lowest BCUT2D eigenvalue weighted by atomic mass is 9.93. The van der Waals surface area contributed by atoms with Crippen molar-refractivity contribution < 1.29 is 14.7 Å². The predicted octanol–water partition coefficient (Wildman–Crippen LogP) is 2.81. The molecule has 24 heavy (non-hydrogen) atoms. The molecule has 0 saturated carbocycles. The third-order valence-electron chi connectivity index (χ3n) is 4.28. The number of carbonyl (C=O) groups is 2. The Morgan fingerprint density at radius 2 is 2.21 bits per heavy atom. The summed E-state index contributed by atoms with van der Waals surface area (Å²) in [6.45, 7) is 2.01. The number of aromatic nitrogens is 1. The second-order valence-electron chi connectivity index (χ2n) is 6.21. The molecule has 2 N–H and O–H groups in total. The normalized spacial score (nSPS) is 18.6. The van der Waals surface area contributed by atoms with Gasteiger partial charge in [-0.1, -0.05) is 23.5 Å². The van der Waals surface area contributed by atoms with E-state index in [4.69, 9.17) is 5.11 Å². The van der Waals surface area contributed by atoms with Crippen LogP contribution in [0.1, 0.15) is 25.7 Å². The van der Waals surface area contributed by atoms with Crippen molar-refractivity contribution in [2.75, 3.05) is 25.0 Å². The first-order valence-corrected chi connectivity index (χ1v) is 9.01. The first-order valence-electron chi connectivity index (χ1n) is 8.20. The number of nitrogens with one attached hydrogen (secondary N) is 1. The number of piperidine rings is 1. The summed E-state index contributed by atoms with van der Waals surface area (Å²) in [6.07, 6.45) is 2.95. The number of fused-ring (bicyclic) bond motifs is 1. The number of benzene rings is 1. The molecule has 6 nitrogen and oxygen atoms in total. The lowest BCUT2D eigenvalue weighted by Crippen LogP contribution is -2.40. The minimum absolute atomic E-state index is 0.0621. The van der Waals surface area contributed by atoms with Gasteiger partial charge in [0.25, 0.3) is 0 Å². The maximum absolute atomic E-state index is 12.3. The van der Waals surface area contributed by atoms with Crippen molar-refractivity contribution in [3.63, 3.8) is 0 Å². The Bertz CT molecular complexity index is 698. The summed E-state index contributed by atoms with van der Waals surface area (Å²) >= 11 is 1.47. The van der Waals surface area contributed by atoms with Gasteiger partial charge in [0, 0.05) is 13.0 Å². The first-order chi connectivity index (χ1) is 11.6. The lowest BCUT2D eigenvalue weighted by molar-refractivity contribution is -0.137. The number of rotatable bonds is 6. The van der Waals surface area contributed by atoms with Gasteiger partial charge in [0.2, 0.25) is 5.91 Å². The van der Waals surface area contributed by atoms with E-state index in [-0.39, 0.29) is 12.3 Å². The Morgan fingerprint density at radius 3 is 3.00 bits per heavy atom. The third-order valence-corrected chi connectivity index (χ3v) is 5.23. The molecule has 128 valence electrons. The van der Waals surface area contributed by atoms with Gasteiger partial charge in [0.05, 0.1) is 16.8 Å². The monoisotopic (exact) mass is 347 g/mol. The minimum Gasteiger partial charge on any atom is -0.481 e. The van der Waals surface area contributed by atoms with E-state index in [1.54, 1.807) is 0 Å². The van der Waals surface area contributed by atoms with Gasteiger partial charge in [-0.2, -0.15) is 0 Å². The van der Waals surface area contributed by atoms with E-state index in [0.717, 1.165) is 36.1 Å². The van der Waals surface area contributed by atoms with Crippen LogP contribution in [0.5, 0.6) is 0 Å². The number of hydrogen-bond donors (Lipinski definition) is 2. The highest BCUT2D eigenvalue weighted by Crippen LogP contribution is 2.25. The fraction of sp³-hybridized carbons (Fsp3) is 0.471. The number of hydrogen-bond acceptors (Lipinski definition) is 5. The minimum atomic E-state index is -0.749. The van der Waals surface area contributed by atoms with Crippen LogP contribution in [0.15, 0.2) is 24.3 Å². The van der Waals surface area contributed by atoms with Crippen molar-refractivity contribution in [2.45, 2.75) is 25.7 Å². The van der Waals surface area contributed by atoms with E-state index in [0.29, 0.717) is 24.0 Å². The summed E-state index contributed by atoms with van der Waals surface area (Å²) in [5.41, 5.74) is 0.893. The van der Waals surface area contributed by atoms with Crippen LogP contribution in [0.2, 0.25) is 0 Å². The van der Waals surface area contributed by atoms with Gasteiger partial charge in [0.1, 0.15) is 0 Å². The van der Waals surface area contributed by atoms with E-state index in [1.165, 1.54) is 11.3 Å². The molecule has 1 aliphatic heterocycles. The molecule has 1 aromatic heterocycles. The molecular formula is C17H21N3O3S. The van der Waals surface area contributed by atoms with Crippen LogP contribution in [0.3, 0.4) is 0 Å². The van der Waals surface area contributed by atoms with Crippen molar-refractivity contribution in [3.8, 4) is 0 Å². The maximum atomic E-state index is 12.3. The van der Waals surface area contributed by atoms with Crippen molar-refractivity contribution in [3.05, 3.63) is 24.3 Å². The summed E-state index contributed by atoms with van der Waals surface area (Å²) in [7, 11) is 0. The molecule has 1 atom stereocenters. The summed E-state index contributed by atoms with van der Waals surface area (Å²) in [4.78, 5) is 29.5. The molecule has 3 rings (SSSR count). The Balaban J connectivity index is 1.51. The van der Waals surface area contributed by atoms with Crippen LogP contribution >= 0.6 is 11.3 Å². The molecule has 1 unspecified atom stereocenters. The van der Waals surface area contributed by atoms with Crippen molar-refractivity contribution in [1.29, 1.82) is 0 Å². The SMILES string of the molecule is O=C(O)CCC1CCCN(CC(=O)Nc2nc3ccccc3s2)C1. The van der Waals surface area contributed by atoms with E-state index in [1.807, 2.05) is 24.3 Å². The van der Waals surface area contributed by atoms with E-state index >= 15 is 0 Å². The zero-order valence-electron chi connectivity index (χ0n) is 13.4. The zero-order valence-corrected chi connectivity index (χ0v) is 14.2. The molecule has 1 aromatic carbocycles. The summed E-state index contributed by atoms with van der Waals surface area (Å²) in [5, 5.41) is 12.3. The smallest absolute Gasteiger partial charge is 0.303 e. The molecule has 2 heterocycles. The zero-order chi connectivity index (χ0) is 16.9. The first kappa shape index (κ1) is 16.9. The highest BCUT2D eigenvalue weighted by Gasteiger charge is 2.22. The van der Waals surface area contributed by atoms with Gasteiger partial charge < -0.3 is 10.4 Å². The van der Waals surface area contributed by atoms with Gasteiger partial charge in [-0.15, -0.1) is 0 Å². The molecule has 0 radical (unpaired) electrons. The topological polar surface area (TPSA) is 82.5 Å². The predicted molar refractivity (Wildman–Crippen MR) is 94.3 cm³/mol. The van der Waals surface area contributed by atoms with Crippen LogP contribution in [0.4, 0.5) is 5.13 Å². The molecule has 2 aromatic rings. The Kier molecular flexibility index (Phi) is 5.42. The molecule has 1 fully saturated rings. The standard InChI is InChI=1S/C17H21N3O3S/c21-15(19-17-18-13-5-1-2-6-14(13)24-17)11-20-9-3-4-12(10-20)7-8-16(22)23/h1-2,5-6,12H,3-4,7-11H2,(H,22,23)(H,18,19,21). The number of thiazole rings is 1. The van der Waals surface area contributed by atoms with Crippen LogP contribution in [0, 0.1) is 5.92 Å². The van der Waals surface area contributed by atoms with Gasteiger partial charge in [-0.3, -0.25) is 14.5 Å². The average Bonchev–Trinajstić information content (AvgIpc) is 2.95. The fourth-order valence-electron chi connectivity index (χ4n) is 3.15. The number of para-hydroxylation sites is 1. The number of aliphatic carboxylic acids is 1. The maximum Gasteiger partial charge on any atom is 0.303 e. The van der Waals surface area contributed by atoms with Crippen LogP contribution < -0.4 is 5.32 Å². The third kappa shape index (κ3) is 4.52. The van der Waals surface area contributed by atoms with E-state index < -0.39 is 5.97 Å². The Hall–Kier alpha value is -1.99. The Labute approximate surface area is 144 Å². The molecule has 1 aliphatic rings. The molecule has 1 saturated heterocycles. The summed E-state index contributed by atoms with van der Waals surface area (Å²) in [6, 6.07) is 7.80. The second-order valence-corrected chi connectivity index (χ2v) is 7.24. The number of likely N-dealkylation sites (tertiary alicyclic amines) is 1. The number of carbonyl (C=O) groups excluding carboxylic acids is 1. The number of nitrogens with zero attached hydrogens (tertiary/aromatic N) is 2. The van der Waals surface area contributed by atoms with E-state index in [9.17, 15) is 9.59 Å². The van der Waals surface area contributed by atoms with Gasteiger partial charge in [-0.05, 0) is 43.9 Å². The molecule has 0 bridgehead atoms. The number of carboxylic acid groups (broad SMARTS) is 1. The van der Waals surface area contributed by atoms with Crippen molar-refractivity contribution in [1.82, 2.24) is 9.88 Å². The summed E-state index contributed by atoms with van der Waals surface area (Å²) < 4.78 is 1.06. The molecule has 0 spiro atoms. The van der Waals surface area contributed by atoms with Crippen molar-refractivity contribution in [2.24, 2.45) is 5.92 Å². The van der Waals surface area contributed by atoms with Gasteiger partial charge >= 0.3 is 5.97 Å². The number of amides is 1. The van der Waals surface area contributed by atoms with Gasteiger partial charge in [-0.25, -0.2) is 4.98 Å². The number of carboxylic acids is 1. The summed E-state index contributed by atoms with van der Waals surface area (Å²) in [5.74, 6) is -0.446. The molecule has 0 aliphatic carbocycles. The van der Waals surface area contributed by atoms with Crippen LogP contribution in [-0.2, 0) is 9.59 Å². The van der Waals surface area contributed by atoms with Crippen LogP contribution in [0.25, 0.3) is 10.2 Å². The van der Waals surface area contributed by atoms with E-state index in [2.05, 4.69) is 15.2 Å². The molecular weight excluding hydrogens is 326 g/mol. The number of anilines is 1. The van der Waals surface area contributed by atoms with Gasteiger partial charge in [0.15, 0.2) is 5.13 Å². The lowest BCUT2D eigenvalue weighted by Gasteiger charge is -2.31. The quantitative estimate of drug-likeness (QED) is 0.840. The second kappa shape index (κ2) is 7.72. The highest BCUT2D eigenvalue weighted by atomic mass is 32.1. The average molecular weight is 347 g/mol. The Morgan fingerprint density at radius 1 is 1.38 bits per heavy atom. The molecule has 1 amide bonds. The molecule has 7 heteroatoms. The highest BCUT2D eigenvalue weighted by molar-refractivity contribution is 7.22. The van der Waals surface area contributed by atoms with Crippen LogP contribution in [-0.4, -0.2) is 46.5 Å². The fourth-order valence-corrected chi connectivity index (χ4v) is 4.03. The van der Waals surface area contributed by atoms with Crippen molar-refractivity contribution >= 4 is 38.6 Å².